The van der Waals surface area contributed by atoms with Crippen LogP contribution in [0.3, 0.4) is 0 Å². The molecule has 0 amide bonds. The Kier molecular flexibility index (Phi) is 9.65. The highest BCUT2D eigenvalue weighted by Crippen LogP contribution is 2.28. The van der Waals surface area contributed by atoms with Gasteiger partial charge >= 0.3 is 0 Å². The van der Waals surface area contributed by atoms with Crippen molar-refractivity contribution in [1.82, 2.24) is 0 Å². The minimum atomic E-state index is -0.186. The number of hydrogen-bond donors (Lipinski definition) is 0. The van der Waals surface area contributed by atoms with Crippen LogP contribution in [0.2, 0.25) is 0 Å². The van der Waals surface area contributed by atoms with Crippen LogP contribution in [-0.4, -0.2) is 26.6 Å². The number of methoxy groups -OCH3 is 1. The summed E-state index contributed by atoms with van der Waals surface area (Å²) in [6.07, 6.45) is 6.81. The third-order valence-electron chi connectivity index (χ3n) is 5.07. The SMILES string of the molecule is CCCCCOC(OCCCCC)C(C)c1ccc2cc(OC)ccc2c1. The van der Waals surface area contributed by atoms with E-state index in [0.29, 0.717) is 0 Å². The number of rotatable bonds is 13. The molecule has 27 heavy (non-hydrogen) atoms. The van der Waals surface area contributed by atoms with Gasteiger partial charge in [-0.3, -0.25) is 0 Å². The highest BCUT2D eigenvalue weighted by atomic mass is 16.7. The van der Waals surface area contributed by atoms with Crippen molar-refractivity contribution in [1.29, 1.82) is 0 Å². The van der Waals surface area contributed by atoms with Gasteiger partial charge in [0.05, 0.1) is 7.11 Å². The van der Waals surface area contributed by atoms with Gasteiger partial charge in [-0.25, -0.2) is 0 Å². The molecule has 0 bridgehead atoms. The molecule has 150 valence electrons. The first-order valence-electron chi connectivity index (χ1n) is 10.5. The fourth-order valence-corrected chi connectivity index (χ4v) is 3.25. The predicted molar refractivity (Wildman–Crippen MR) is 114 cm³/mol. The normalized spacial score (nSPS) is 12.6. The van der Waals surface area contributed by atoms with E-state index in [4.69, 9.17) is 14.2 Å². The van der Waals surface area contributed by atoms with E-state index in [2.05, 4.69) is 51.1 Å². The van der Waals surface area contributed by atoms with Gasteiger partial charge in [-0.05, 0) is 41.3 Å². The molecule has 0 aliphatic heterocycles. The third-order valence-corrected chi connectivity index (χ3v) is 5.07. The van der Waals surface area contributed by atoms with Crippen LogP contribution in [0.5, 0.6) is 5.75 Å². The molecule has 3 heteroatoms. The van der Waals surface area contributed by atoms with Crippen LogP contribution < -0.4 is 4.74 Å². The van der Waals surface area contributed by atoms with Crippen molar-refractivity contribution in [3.8, 4) is 5.75 Å². The second-order valence-corrected chi connectivity index (χ2v) is 7.29. The summed E-state index contributed by atoms with van der Waals surface area (Å²) in [6, 6.07) is 12.8. The molecule has 2 aromatic rings. The van der Waals surface area contributed by atoms with Crippen molar-refractivity contribution in [3.63, 3.8) is 0 Å². The summed E-state index contributed by atoms with van der Waals surface area (Å²) in [4.78, 5) is 0. The topological polar surface area (TPSA) is 27.7 Å². The quantitative estimate of drug-likeness (QED) is 0.289. The molecule has 2 rings (SSSR count). The Balaban J connectivity index is 2.08. The fourth-order valence-electron chi connectivity index (χ4n) is 3.25. The zero-order chi connectivity index (χ0) is 19.5. The Bertz CT molecular complexity index is 656. The molecular formula is C24H36O3. The second kappa shape index (κ2) is 12.0. The first-order chi connectivity index (χ1) is 13.2. The van der Waals surface area contributed by atoms with Crippen molar-refractivity contribution < 1.29 is 14.2 Å². The molecule has 0 aromatic heterocycles. The van der Waals surface area contributed by atoms with Gasteiger partial charge in [0.25, 0.3) is 0 Å². The highest BCUT2D eigenvalue weighted by Gasteiger charge is 2.20. The molecule has 0 heterocycles. The smallest absolute Gasteiger partial charge is 0.164 e. The zero-order valence-corrected chi connectivity index (χ0v) is 17.5. The van der Waals surface area contributed by atoms with E-state index in [-0.39, 0.29) is 12.2 Å². The van der Waals surface area contributed by atoms with Crippen LogP contribution in [0.1, 0.15) is 70.8 Å². The van der Waals surface area contributed by atoms with E-state index in [1.54, 1.807) is 7.11 Å². The average molecular weight is 373 g/mol. The third kappa shape index (κ3) is 6.82. The zero-order valence-electron chi connectivity index (χ0n) is 17.5. The number of fused-ring (bicyclic) bond motifs is 1. The summed E-state index contributed by atoms with van der Waals surface area (Å²) in [6.45, 7) is 8.16. The second-order valence-electron chi connectivity index (χ2n) is 7.29. The van der Waals surface area contributed by atoms with Crippen molar-refractivity contribution in [3.05, 3.63) is 42.0 Å². The maximum absolute atomic E-state index is 6.15. The maximum atomic E-state index is 6.15. The number of hydrogen-bond acceptors (Lipinski definition) is 3. The summed E-state index contributed by atoms with van der Waals surface area (Å²) < 4.78 is 17.6. The van der Waals surface area contributed by atoms with Gasteiger partial charge < -0.3 is 14.2 Å². The van der Waals surface area contributed by atoms with Crippen LogP contribution in [0, 0.1) is 0 Å². The van der Waals surface area contributed by atoms with Crippen LogP contribution >= 0.6 is 0 Å². The number of unbranched alkanes of at least 4 members (excludes halogenated alkanes) is 4. The van der Waals surface area contributed by atoms with E-state index in [9.17, 15) is 0 Å². The molecule has 2 aromatic carbocycles. The molecule has 0 aliphatic rings. The monoisotopic (exact) mass is 372 g/mol. The largest absolute Gasteiger partial charge is 0.497 e. The molecule has 0 aliphatic carbocycles. The molecule has 0 N–H and O–H groups in total. The summed E-state index contributed by atoms with van der Waals surface area (Å²) >= 11 is 0. The van der Waals surface area contributed by atoms with Gasteiger partial charge in [0.1, 0.15) is 5.75 Å². The Labute approximate surface area is 165 Å². The van der Waals surface area contributed by atoms with Gasteiger partial charge in [-0.15, -0.1) is 0 Å². The number of ether oxygens (including phenoxy) is 3. The summed E-state index contributed by atoms with van der Waals surface area (Å²) in [7, 11) is 1.70. The predicted octanol–water partition coefficient (Wildman–Crippen LogP) is 6.69. The summed E-state index contributed by atoms with van der Waals surface area (Å²) in [5.74, 6) is 1.08. The minimum absolute atomic E-state index is 0.186. The lowest BCUT2D eigenvalue weighted by atomic mass is 9.97. The lowest BCUT2D eigenvalue weighted by Crippen LogP contribution is -2.25. The van der Waals surface area contributed by atoms with Gasteiger partial charge in [0, 0.05) is 19.1 Å². The van der Waals surface area contributed by atoms with Gasteiger partial charge in [-0.2, -0.15) is 0 Å². The fraction of sp³-hybridized carbons (Fsp3) is 0.583. The molecule has 0 saturated carbocycles. The Morgan fingerprint density at radius 3 is 1.96 bits per heavy atom. The van der Waals surface area contributed by atoms with E-state index >= 15 is 0 Å². The van der Waals surface area contributed by atoms with Crippen molar-refractivity contribution in [2.24, 2.45) is 0 Å². The van der Waals surface area contributed by atoms with Crippen LogP contribution in [0.4, 0.5) is 0 Å². The molecule has 3 nitrogen and oxygen atoms in total. The Morgan fingerprint density at radius 2 is 1.37 bits per heavy atom. The molecular weight excluding hydrogens is 336 g/mol. The lowest BCUT2D eigenvalue weighted by molar-refractivity contribution is -0.155. The molecule has 0 fully saturated rings. The standard InChI is InChI=1S/C24H36O3/c1-5-7-9-15-26-24(27-16-10-8-6-2)19(3)20-11-12-22-18-23(25-4)14-13-21(22)17-20/h11-14,17-19,24H,5-10,15-16H2,1-4H3. The van der Waals surface area contributed by atoms with Crippen molar-refractivity contribution in [2.45, 2.75) is 71.5 Å². The summed E-state index contributed by atoms with van der Waals surface area (Å²) in [5.41, 5.74) is 1.25. The van der Waals surface area contributed by atoms with Crippen molar-refractivity contribution >= 4 is 10.8 Å². The molecule has 1 unspecified atom stereocenters. The van der Waals surface area contributed by atoms with Gasteiger partial charge in [-0.1, -0.05) is 70.7 Å². The van der Waals surface area contributed by atoms with Crippen LogP contribution in [0.15, 0.2) is 36.4 Å². The van der Waals surface area contributed by atoms with Gasteiger partial charge in [0.15, 0.2) is 6.29 Å². The molecule has 1 atom stereocenters. The molecule has 0 spiro atoms. The average Bonchev–Trinajstić information content (AvgIpc) is 2.71. The Hall–Kier alpha value is -1.58. The minimum Gasteiger partial charge on any atom is -0.497 e. The van der Waals surface area contributed by atoms with E-state index in [0.717, 1.165) is 31.8 Å². The molecule has 0 saturated heterocycles. The first kappa shape index (κ1) is 21.7. The molecule has 0 radical (unpaired) electrons. The highest BCUT2D eigenvalue weighted by molar-refractivity contribution is 5.84. The number of benzene rings is 2. The lowest BCUT2D eigenvalue weighted by Gasteiger charge is -2.25. The first-order valence-corrected chi connectivity index (χ1v) is 10.5. The van der Waals surface area contributed by atoms with Crippen molar-refractivity contribution in [2.75, 3.05) is 20.3 Å². The Morgan fingerprint density at radius 1 is 0.778 bits per heavy atom. The van der Waals surface area contributed by atoms with E-state index in [1.165, 1.54) is 42.0 Å². The van der Waals surface area contributed by atoms with Crippen LogP contribution in [-0.2, 0) is 9.47 Å². The van der Waals surface area contributed by atoms with Gasteiger partial charge in [0.2, 0.25) is 0 Å². The van der Waals surface area contributed by atoms with E-state index < -0.39 is 0 Å². The maximum Gasteiger partial charge on any atom is 0.164 e. The van der Waals surface area contributed by atoms with Crippen LogP contribution in [0.25, 0.3) is 10.8 Å². The summed E-state index contributed by atoms with van der Waals surface area (Å²) in [5, 5.41) is 2.41. The van der Waals surface area contributed by atoms with E-state index in [1.807, 2.05) is 6.07 Å².